The number of fused-ring (bicyclic) bond motifs is 1. The van der Waals surface area contributed by atoms with Crippen molar-refractivity contribution in [3.8, 4) is 11.5 Å². The highest BCUT2D eigenvalue weighted by Crippen LogP contribution is 2.32. The molecule has 7 nitrogen and oxygen atoms in total. The van der Waals surface area contributed by atoms with Gasteiger partial charge in [-0.1, -0.05) is 36.4 Å². The molecule has 0 fully saturated rings. The number of nitrogens with one attached hydrogen (secondary N) is 3. The Bertz CT molecular complexity index is 764. The maximum atomic E-state index is 12.4. The maximum Gasteiger partial charge on any atom is 0.321 e. The third-order valence-corrected chi connectivity index (χ3v) is 3.81. The molecule has 25 heavy (non-hydrogen) atoms. The predicted molar refractivity (Wildman–Crippen MR) is 91.2 cm³/mol. The van der Waals surface area contributed by atoms with E-state index in [-0.39, 0.29) is 6.79 Å². The van der Waals surface area contributed by atoms with E-state index in [4.69, 9.17) is 9.47 Å². The zero-order valence-corrected chi connectivity index (χ0v) is 13.7. The molecule has 3 N–H and O–H groups in total. The molecule has 0 bridgehead atoms. The van der Waals surface area contributed by atoms with Crippen molar-refractivity contribution in [1.29, 1.82) is 0 Å². The van der Waals surface area contributed by atoms with Crippen LogP contribution in [0.2, 0.25) is 0 Å². The molecule has 130 valence electrons. The number of carbonyl (C=O) groups is 2. The average Bonchev–Trinajstić information content (AvgIpc) is 3.10. The van der Waals surface area contributed by atoms with Gasteiger partial charge in [-0.25, -0.2) is 4.79 Å². The molecular formula is C18H19N3O4. The Balaban J connectivity index is 1.73. The number of benzene rings is 2. The molecule has 1 heterocycles. The van der Waals surface area contributed by atoms with E-state index in [0.717, 1.165) is 11.1 Å². The van der Waals surface area contributed by atoms with Crippen LogP contribution in [0.15, 0.2) is 48.5 Å². The standard InChI is InChI=1S/C18H19N3O4/c1-19-18(23)21-17(22)16(13-5-3-2-4-6-13)20-10-12-7-8-14-15(9-12)25-11-24-14/h2-9,16,20H,10-11H2,1H3,(H2,19,21,22,23)/t16-/m1/s1. The van der Waals surface area contributed by atoms with Crippen LogP contribution < -0.4 is 25.4 Å². The highest BCUT2D eigenvalue weighted by molar-refractivity contribution is 5.97. The minimum atomic E-state index is -0.663. The summed E-state index contributed by atoms with van der Waals surface area (Å²) in [6.45, 7) is 0.644. The number of amides is 3. The fourth-order valence-corrected chi connectivity index (χ4v) is 2.52. The van der Waals surface area contributed by atoms with Gasteiger partial charge in [0.25, 0.3) is 0 Å². The summed E-state index contributed by atoms with van der Waals surface area (Å²) < 4.78 is 10.7. The molecule has 0 aliphatic carbocycles. The molecular weight excluding hydrogens is 322 g/mol. The van der Waals surface area contributed by atoms with Crippen molar-refractivity contribution < 1.29 is 19.1 Å². The van der Waals surface area contributed by atoms with Crippen LogP contribution in [0.25, 0.3) is 0 Å². The molecule has 0 saturated carbocycles. The molecule has 3 amide bonds. The van der Waals surface area contributed by atoms with Gasteiger partial charge in [0.1, 0.15) is 6.04 Å². The number of hydrogen-bond acceptors (Lipinski definition) is 5. The second-order valence-electron chi connectivity index (χ2n) is 5.48. The van der Waals surface area contributed by atoms with Crippen LogP contribution >= 0.6 is 0 Å². The minimum Gasteiger partial charge on any atom is -0.454 e. The highest BCUT2D eigenvalue weighted by atomic mass is 16.7. The predicted octanol–water partition coefficient (Wildman–Crippen LogP) is 1.70. The molecule has 1 aliphatic heterocycles. The number of ether oxygens (including phenoxy) is 2. The molecule has 0 saturated heterocycles. The topological polar surface area (TPSA) is 88.7 Å². The van der Waals surface area contributed by atoms with Crippen molar-refractivity contribution in [3.05, 3.63) is 59.7 Å². The van der Waals surface area contributed by atoms with Gasteiger partial charge in [-0.2, -0.15) is 0 Å². The lowest BCUT2D eigenvalue weighted by atomic mass is 10.1. The van der Waals surface area contributed by atoms with Crippen molar-refractivity contribution >= 4 is 11.9 Å². The summed E-state index contributed by atoms with van der Waals surface area (Å²) in [4.78, 5) is 23.9. The van der Waals surface area contributed by atoms with Crippen molar-refractivity contribution in [2.24, 2.45) is 0 Å². The average molecular weight is 341 g/mol. The van der Waals surface area contributed by atoms with Gasteiger partial charge in [0.2, 0.25) is 12.7 Å². The molecule has 1 aliphatic rings. The van der Waals surface area contributed by atoms with E-state index in [0.29, 0.717) is 18.0 Å². The molecule has 2 aromatic rings. The normalized spacial score (nSPS) is 13.2. The summed E-state index contributed by atoms with van der Waals surface area (Å²) in [5, 5.41) is 7.87. The van der Waals surface area contributed by atoms with E-state index in [2.05, 4.69) is 16.0 Å². The second-order valence-corrected chi connectivity index (χ2v) is 5.48. The van der Waals surface area contributed by atoms with Crippen molar-refractivity contribution in [1.82, 2.24) is 16.0 Å². The molecule has 0 radical (unpaired) electrons. The molecule has 0 spiro atoms. The lowest BCUT2D eigenvalue weighted by Crippen LogP contribution is -2.43. The van der Waals surface area contributed by atoms with Crippen LogP contribution in [-0.2, 0) is 11.3 Å². The van der Waals surface area contributed by atoms with E-state index in [1.807, 2.05) is 48.5 Å². The minimum absolute atomic E-state index is 0.216. The van der Waals surface area contributed by atoms with Crippen molar-refractivity contribution in [2.45, 2.75) is 12.6 Å². The lowest BCUT2D eigenvalue weighted by Gasteiger charge is -2.18. The fourth-order valence-electron chi connectivity index (χ4n) is 2.52. The van der Waals surface area contributed by atoms with Gasteiger partial charge in [-0.3, -0.25) is 15.4 Å². The van der Waals surface area contributed by atoms with Crippen molar-refractivity contribution in [3.63, 3.8) is 0 Å². The number of imide groups is 1. The first-order valence-corrected chi connectivity index (χ1v) is 7.87. The van der Waals surface area contributed by atoms with Crippen LogP contribution in [0.5, 0.6) is 11.5 Å². The zero-order chi connectivity index (χ0) is 17.6. The third-order valence-electron chi connectivity index (χ3n) is 3.81. The number of carbonyl (C=O) groups excluding carboxylic acids is 2. The first-order chi connectivity index (χ1) is 12.2. The van der Waals surface area contributed by atoms with Crippen LogP contribution in [0.3, 0.4) is 0 Å². The number of hydrogen-bond donors (Lipinski definition) is 3. The van der Waals surface area contributed by atoms with Gasteiger partial charge < -0.3 is 14.8 Å². The quantitative estimate of drug-likeness (QED) is 0.770. The lowest BCUT2D eigenvalue weighted by molar-refractivity contribution is -0.122. The number of urea groups is 1. The van der Waals surface area contributed by atoms with Gasteiger partial charge in [0.15, 0.2) is 11.5 Å². The SMILES string of the molecule is CNC(=O)NC(=O)[C@H](NCc1ccc2c(c1)OCO2)c1ccccc1. The largest absolute Gasteiger partial charge is 0.454 e. The Labute approximate surface area is 145 Å². The molecule has 0 unspecified atom stereocenters. The molecule has 7 heteroatoms. The second kappa shape index (κ2) is 7.67. The van der Waals surface area contributed by atoms with Crippen LogP contribution in [-0.4, -0.2) is 25.8 Å². The van der Waals surface area contributed by atoms with Crippen LogP contribution in [0.1, 0.15) is 17.2 Å². The Morgan fingerprint density at radius 3 is 2.60 bits per heavy atom. The molecule has 2 aromatic carbocycles. The summed E-state index contributed by atoms with van der Waals surface area (Å²) in [7, 11) is 1.46. The van der Waals surface area contributed by atoms with Gasteiger partial charge in [0, 0.05) is 13.6 Å². The molecule has 3 rings (SSSR count). The van der Waals surface area contributed by atoms with E-state index in [9.17, 15) is 9.59 Å². The Kier molecular flexibility index (Phi) is 5.15. The van der Waals surface area contributed by atoms with E-state index < -0.39 is 18.0 Å². The maximum absolute atomic E-state index is 12.4. The Morgan fingerprint density at radius 1 is 1.08 bits per heavy atom. The molecule has 0 aromatic heterocycles. The van der Waals surface area contributed by atoms with E-state index >= 15 is 0 Å². The fraction of sp³-hybridized carbons (Fsp3) is 0.222. The van der Waals surface area contributed by atoms with Crippen LogP contribution in [0.4, 0.5) is 4.79 Å². The van der Waals surface area contributed by atoms with Gasteiger partial charge in [-0.05, 0) is 23.3 Å². The monoisotopic (exact) mass is 341 g/mol. The van der Waals surface area contributed by atoms with Gasteiger partial charge in [-0.15, -0.1) is 0 Å². The van der Waals surface area contributed by atoms with E-state index in [1.165, 1.54) is 7.05 Å². The molecule has 1 atom stereocenters. The summed E-state index contributed by atoms with van der Waals surface area (Å²) in [6, 6.07) is 13.6. The smallest absolute Gasteiger partial charge is 0.321 e. The summed E-state index contributed by atoms with van der Waals surface area (Å²) in [5.41, 5.74) is 1.71. The summed E-state index contributed by atoms with van der Waals surface area (Å²) >= 11 is 0. The Hall–Kier alpha value is -3.06. The van der Waals surface area contributed by atoms with Gasteiger partial charge in [0.05, 0.1) is 0 Å². The number of rotatable bonds is 5. The highest BCUT2D eigenvalue weighted by Gasteiger charge is 2.22. The first kappa shape index (κ1) is 16.8. The van der Waals surface area contributed by atoms with Crippen molar-refractivity contribution in [2.75, 3.05) is 13.8 Å². The van der Waals surface area contributed by atoms with Gasteiger partial charge >= 0.3 is 6.03 Å². The van der Waals surface area contributed by atoms with Crippen LogP contribution in [0, 0.1) is 0 Å². The third kappa shape index (κ3) is 4.07. The first-order valence-electron chi connectivity index (χ1n) is 7.87. The summed E-state index contributed by atoms with van der Waals surface area (Å²) in [6.07, 6.45) is 0. The summed E-state index contributed by atoms with van der Waals surface area (Å²) in [5.74, 6) is 0.970. The zero-order valence-electron chi connectivity index (χ0n) is 13.7. The van der Waals surface area contributed by atoms with E-state index in [1.54, 1.807) is 0 Å². The Morgan fingerprint density at radius 2 is 1.84 bits per heavy atom.